The molecular formula is C17H28N2O5. The molecule has 7 nitrogen and oxygen atoms in total. The zero-order valence-electron chi connectivity index (χ0n) is 14.4. The van der Waals surface area contributed by atoms with Gasteiger partial charge in [-0.1, -0.05) is 26.2 Å². The predicted molar refractivity (Wildman–Crippen MR) is 87.6 cm³/mol. The van der Waals surface area contributed by atoms with E-state index in [0.717, 1.165) is 25.7 Å². The molecule has 2 rings (SSSR count). The molecule has 0 aromatic heterocycles. The number of nitrogens with one attached hydrogen (secondary N) is 1. The van der Waals surface area contributed by atoms with E-state index < -0.39 is 30.1 Å². The number of carbonyl (C=O) groups is 3. The fraction of sp³-hybridized carbons (Fsp3) is 0.824. The number of likely N-dealkylation sites (tertiary alicyclic amines) is 1. The van der Waals surface area contributed by atoms with E-state index in [9.17, 15) is 24.6 Å². The van der Waals surface area contributed by atoms with E-state index in [-0.39, 0.29) is 17.9 Å². The summed E-state index contributed by atoms with van der Waals surface area (Å²) in [6.07, 6.45) is 5.53. The largest absolute Gasteiger partial charge is 0.480 e. The van der Waals surface area contributed by atoms with Crippen LogP contribution in [0.1, 0.15) is 58.8 Å². The smallest absolute Gasteiger partial charge is 0.326 e. The van der Waals surface area contributed by atoms with E-state index in [1.807, 2.05) is 6.92 Å². The number of hydrogen-bond acceptors (Lipinski definition) is 4. The average Bonchev–Trinajstić information content (AvgIpc) is 2.93. The van der Waals surface area contributed by atoms with Crippen molar-refractivity contribution in [2.45, 2.75) is 83.0 Å². The van der Waals surface area contributed by atoms with Crippen molar-refractivity contribution in [3.8, 4) is 0 Å². The Hall–Kier alpha value is -1.63. The lowest BCUT2D eigenvalue weighted by atomic mass is 9.84. The standard InChI is InChI=1S/C17H28N2O5/c1-3-6-12(16(21)22)18-10(2)15(20)19-13-8-5-4-7-11(13)9-14(19)17(23)24/h10-14,18H,3-9H2,1-2H3,(H,21,22)(H,23,24)/t10-,11?,12-,13?,14-/m0/s1. The highest BCUT2D eigenvalue weighted by Crippen LogP contribution is 2.40. The summed E-state index contributed by atoms with van der Waals surface area (Å²) in [4.78, 5) is 37.3. The zero-order valence-corrected chi connectivity index (χ0v) is 14.4. The summed E-state index contributed by atoms with van der Waals surface area (Å²) >= 11 is 0. The minimum Gasteiger partial charge on any atom is -0.480 e. The number of hydrogen-bond donors (Lipinski definition) is 3. The maximum Gasteiger partial charge on any atom is 0.326 e. The first-order valence-electron chi connectivity index (χ1n) is 8.90. The van der Waals surface area contributed by atoms with Crippen molar-refractivity contribution in [1.82, 2.24) is 10.2 Å². The first kappa shape index (κ1) is 18.7. The van der Waals surface area contributed by atoms with E-state index in [0.29, 0.717) is 19.3 Å². The molecule has 0 bridgehead atoms. The Labute approximate surface area is 142 Å². The molecule has 0 aromatic carbocycles. The highest BCUT2D eigenvalue weighted by molar-refractivity contribution is 5.88. The van der Waals surface area contributed by atoms with Crippen LogP contribution in [0, 0.1) is 5.92 Å². The number of aliphatic carboxylic acids is 2. The fourth-order valence-electron chi connectivity index (χ4n) is 4.16. The number of rotatable bonds is 7. The Bertz CT molecular complexity index is 495. The SMILES string of the molecule is CCC[C@H](N[C@@H](C)C(=O)N1C2CCCCC2C[C@H]1C(=O)O)C(=O)O. The van der Waals surface area contributed by atoms with Crippen LogP contribution in [0.25, 0.3) is 0 Å². The van der Waals surface area contributed by atoms with Crippen LogP contribution in [-0.4, -0.2) is 57.1 Å². The molecule has 0 radical (unpaired) electrons. The van der Waals surface area contributed by atoms with Crippen molar-refractivity contribution in [2.75, 3.05) is 0 Å². The summed E-state index contributed by atoms with van der Waals surface area (Å²) in [5.41, 5.74) is 0. The van der Waals surface area contributed by atoms with Crippen LogP contribution in [-0.2, 0) is 14.4 Å². The van der Waals surface area contributed by atoms with Crippen molar-refractivity contribution in [3.05, 3.63) is 0 Å². The molecule has 1 heterocycles. The zero-order chi connectivity index (χ0) is 17.9. The molecule has 1 saturated heterocycles. The van der Waals surface area contributed by atoms with E-state index in [1.54, 1.807) is 6.92 Å². The van der Waals surface area contributed by atoms with Gasteiger partial charge in [0.2, 0.25) is 5.91 Å². The van der Waals surface area contributed by atoms with Gasteiger partial charge >= 0.3 is 11.9 Å². The molecule has 2 aliphatic rings. The summed E-state index contributed by atoms with van der Waals surface area (Å²) in [7, 11) is 0. The monoisotopic (exact) mass is 340 g/mol. The molecular weight excluding hydrogens is 312 g/mol. The second kappa shape index (κ2) is 7.96. The normalized spacial score (nSPS) is 28.9. The number of carboxylic acids is 2. The molecule has 7 heteroatoms. The van der Waals surface area contributed by atoms with Crippen LogP contribution in [0.4, 0.5) is 0 Å². The second-order valence-electron chi connectivity index (χ2n) is 7.01. The minimum absolute atomic E-state index is 0.0222. The van der Waals surface area contributed by atoms with Crippen LogP contribution < -0.4 is 5.32 Å². The van der Waals surface area contributed by atoms with Crippen molar-refractivity contribution in [3.63, 3.8) is 0 Å². The van der Waals surface area contributed by atoms with Crippen LogP contribution >= 0.6 is 0 Å². The molecule has 0 aromatic rings. The molecule has 1 amide bonds. The molecule has 2 unspecified atom stereocenters. The molecule has 0 spiro atoms. The van der Waals surface area contributed by atoms with Gasteiger partial charge in [0.1, 0.15) is 12.1 Å². The van der Waals surface area contributed by atoms with Gasteiger partial charge in [0.05, 0.1) is 6.04 Å². The number of carboxylic acid groups (broad SMARTS) is 2. The average molecular weight is 340 g/mol. The van der Waals surface area contributed by atoms with Crippen LogP contribution in [0.5, 0.6) is 0 Å². The number of fused-ring (bicyclic) bond motifs is 1. The van der Waals surface area contributed by atoms with E-state index >= 15 is 0 Å². The van der Waals surface area contributed by atoms with Crippen molar-refractivity contribution in [2.24, 2.45) is 5.92 Å². The van der Waals surface area contributed by atoms with Gasteiger partial charge in [-0.2, -0.15) is 0 Å². The Morgan fingerprint density at radius 2 is 1.88 bits per heavy atom. The highest BCUT2D eigenvalue weighted by atomic mass is 16.4. The summed E-state index contributed by atoms with van der Waals surface area (Å²) in [6.45, 7) is 3.51. The van der Waals surface area contributed by atoms with Gasteiger partial charge in [0.15, 0.2) is 0 Å². The van der Waals surface area contributed by atoms with Gasteiger partial charge in [-0.15, -0.1) is 0 Å². The van der Waals surface area contributed by atoms with Crippen LogP contribution in [0.2, 0.25) is 0 Å². The van der Waals surface area contributed by atoms with Gasteiger partial charge in [0.25, 0.3) is 0 Å². The quantitative estimate of drug-likeness (QED) is 0.648. The lowest BCUT2D eigenvalue weighted by Gasteiger charge is -2.35. The maximum absolute atomic E-state index is 12.9. The van der Waals surface area contributed by atoms with E-state index in [1.165, 1.54) is 4.90 Å². The Kier molecular flexibility index (Phi) is 6.21. The Morgan fingerprint density at radius 1 is 1.21 bits per heavy atom. The van der Waals surface area contributed by atoms with Gasteiger partial charge in [-0.25, -0.2) is 4.79 Å². The van der Waals surface area contributed by atoms with Crippen molar-refractivity contribution < 1.29 is 24.6 Å². The number of carbonyl (C=O) groups excluding carboxylic acids is 1. The number of amides is 1. The van der Waals surface area contributed by atoms with Gasteiger partial charge in [-0.05, 0) is 38.5 Å². The summed E-state index contributed by atoms with van der Waals surface area (Å²) in [5.74, 6) is -1.99. The molecule has 1 saturated carbocycles. The maximum atomic E-state index is 12.9. The Balaban J connectivity index is 2.12. The first-order valence-corrected chi connectivity index (χ1v) is 8.90. The third-order valence-electron chi connectivity index (χ3n) is 5.32. The lowest BCUT2D eigenvalue weighted by Crippen LogP contribution is -2.55. The lowest BCUT2D eigenvalue weighted by molar-refractivity contribution is -0.151. The third kappa shape index (κ3) is 3.88. The van der Waals surface area contributed by atoms with E-state index in [2.05, 4.69) is 5.32 Å². The predicted octanol–water partition coefficient (Wildman–Crippen LogP) is 1.46. The van der Waals surface area contributed by atoms with Crippen LogP contribution in [0.3, 0.4) is 0 Å². The minimum atomic E-state index is -0.983. The van der Waals surface area contributed by atoms with Crippen molar-refractivity contribution >= 4 is 17.8 Å². The van der Waals surface area contributed by atoms with E-state index in [4.69, 9.17) is 0 Å². The molecule has 5 atom stereocenters. The first-order chi connectivity index (χ1) is 11.4. The topological polar surface area (TPSA) is 107 Å². The molecule has 1 aliphatic carbocycles. The van der Waals surface area contributed by atoms with Crippen molar-refractivity contribution in [1.29, 1.82) is 0 Å². The molecule has 3 N–H and O–H groups in total. The fourth-order valence-corrected chi connectivity index (χ4v) is 4.16. The summed E-state index contributed by atoms with van der Waals surface area (Å²) in [6, 6.07) is -2.31. The molecule has 1 aliphatic heterocycles. The van der Waals surface area contributed by atoms with Crippen LogP contribution in [0.15, 0.2) is 0 Å². The second-order valence-corrected chi connectivity index (χ2v) is 7.01. The highest BCUT2D eigenvalue weighted by Gasteiger charge is 2.48. The molecule has 2 fully saturated rings. The summed E-state index contributed by atoms with van der Waals surface area (Å²) in [5, 5.41) is 21.6. The summed E-state index contributed by atoms with van der Waals surface area (Å²) < 4.78 is 0. The van der Waals surface area contributed by atoms with Gasteiger partial charge < -0.3 is 15.1 Å². The molecule has 136 valence electrons. The number of nitrogens with zero attached hydrogens (tertiary/aromatic N) is 1. The van der Waals surface area contributed by atoms with Gasteiger partial charge in [-0.3, -0.25) is 14.9 Å². The third-order valence-corrected chi connectivity index (χ3v) is 5.32. The Morgan fingerprint density at radius 3 is 2.46 bits per heavy atom. The molecule has 24 heavy (non-hydrogen) atoms. The van der Waals surface area contributed by atoms with Gasteiger partial charge in [0, 0.05) is 6.04 Å².